The maximum atomic E-state index is 12.6. The van der Waals surface area contributed by atoms with Gasteiger partial charge in [0.2, 0.25) is 5.91 Å². The van der Waals surface area contributed by atoms with Crippen molar-refractivity contribution >= 4 is 11.7 Å². The van der Waals surface area contributed by atoms with E-state index in [2.05, 4.69) is 39.4 Å². The van der Waals surface area contributed by atoms with Crippen LogP contribution in [0.3, 0.4) is 0 Å². The zero-order valence-electron chi connectivity index (χ0n) is 15.6. The summed E-state index contributed by atoms with van der Waals surface area (Å²) in [6.45, 7) is 3.81. The normalized spacial score (nSPS) is 14.2. The Morgan fingerprint density at radius 1 is 1.27 bits per heavy atom. The number of hydrogen-bond acceptors (Lipinski definition) is 6. The van der Waals surface area contributed by atoms with E-state index in [0.717, 1.165) is 43.0 Å². The molecule has 0 unspecified atom stereocenters. The van der Waals surface area contributed by atoms with Gasteiger partial charge >= 0.3 is 0 Å². The third-order valence-corrected chi connectivity index (χ3v) is 4.60. The van der Waals surface area contributed by atoms with Crippen molar-refractivity contribution in [2.45, 2.75) is 25.8 Å². The fourth-order valence-electron chi connectivity index (χ4n) is 3.13. The summed E-state index contributed by atoms with van der Waals surface area (Å²) in [4.78, 5) is 25.5. The molecule has 3 rings (SSSR count). The maximum Gasteiger partial charge on any atom is 0.224 e. The number of aryl methyl sites for hydroxylation is 1. The van der Waals surface area contributed by atoms with Gasteiger partial charge in [-0.15, -0.1) is 0 Å². The molecule has 0 atom stereocenters. The second kappa shape index (κ2) is 8.75. The highest BCUT2D eigenvalue weighted by Gasteiger charge is 2.21. The minimum Gasteiger partial charge on any atom is -0.368 e. The van der Waals surface area contributed by atoms with Gasteiger partial charge in [-0.2, -0.15) is 5.10 Å². The fraction of sp³-hybridized carbons (Fsp3) is 0.556. The molecule has 0 radical (unpaired) electrons. The summed E-state index contributed by atoms with van der Waals surface area (Å²) in [5, 5.41) is 7.56. The van der Waals surface area contributed by atoms with E-state index in [1.54, 1.807) is 17.2 Å². The van der Waals surface area contributed by atoms with E-state index in [1.807, 2.05) is 17.2 Å². The number of nitrogens with zero attached hydrogens (tertiary/aromatic N) is 6. The molecule has 1 aliphatic heterocycles. The number of hydrogen-bond donors (Lipinski definition) is 1. The van der Waals surface area contributed by atoms with E-state index in [0.29, 0.717) is 26.1 Å². The molecule has 0 saturated heterocycles. The van der Waals surface area contributed by atoms with Gasteiger partial charge in [0.15, 0.2) is 0 Å². The van der Waals surface area contributed by atoms with Crippen molar-refractivity contribution in [2.24, 2.45) is 0 Å². The van der Waals surface area contributed by atoms with Crippen molar-refractivity contribution in [1.82, 2.24) is 29.5 Å². The number of carbonyl (C=O) groups is 1. The Bertz CT molecular complexity index is 714. The number of rotatable bonds is 7. The second-order valence-corrected chi connectivity index (χ2v) is 6.78. The second-order valence-electron chi connectivity index (χ2n) is 6.78. The molecule has 1 aliphatic rings. The van der Waals surface area contributed by atoms with Gasteiger partial charge in [-0.3, -0.25) is 9.48 Å². The van der Waals surface area contributed by atoms with Crippen LogP contribution in [0, 0.1) is 0 Å². The smallest absolute Gasteiger partial charge is 0.224 e. The Morgan fingerprint density at radius 3 is 2.88 bits per heavy atom. The molecule has 1 N–H and O–H groups in total. The van der Waals surface area contributed by atoms with Gasteiger partial charge in [0.25, 0.3) is 0 Å². The molecule has 140 valence electrons. The molecule has 0 saturated carbocycles. The zero-order valence-corrected chi connectivity index (χ0v) is 15.6. The lowest BCUT2D eigenvalue weighted by molar-refractivity contribution is -0.131. The molecule has 0 spiro atoms. The lowest BCUT2D eigenvalue weighted by Gasteiger charge is -2.20. The largest absolute Gasteiger partial charge is 0.368 e. The molecule has 0 bridgehead atoms. The monoisotopic (exact) mass is 357 g/mol. The molecule has 2 aromatic rings. The van der Waals surface area contributed by atoms with Gasteiger partial charge in [0, 0.05) is 63.5 Å². The quantitative estimate of drug-likeness (QED) is 0.784. The van der Waals surface area contributed by atoms with Crippen molar-refractivity contribution in [3.05, 3.63) is 36.0 Å². The van der Waals surface area contributed by atoms with Crippen LogP contribution in [-0.2, 0) is 24.2 Å². The molecular formula is C18H27N7O. The van der Waals surface area contributed by atoms with E-state index in [9.17, 15) is 4.79 Å². The summed E-state index contributed by atoms with van der Waals surface area (Å²) in [5.74, 6) is 1.08. The van der Waals surface area contributed by atoms with Crippen molar-refractivity contribution in [3.63, 3.8) is 0 Å². The van der Waals surface area contributed by atoms with Gasteiger partial charge in [-0.05, 0) is 26.6 Å². The highest BCUT2D eigenvalue weighted by Crippen LogP contribution is 2.20. The van der Waals surface area contributed by atoms with Gasteiger partial charge in [0.1, 0.15) is 12.1 Å². The predicted octanol–water partition coefficient (Wildman–Crippen LogP) is 0.664. The molecule has 2 aromatic heterocycles. The van der Waals surface area contributed by atoms with E-state index in [-0.39, 0.29) is 5.91 Å². The number of amides is 1. The molecule has 1 amide bonds. The standard InChI is InChI=1S/C18H27N7O/c1-23(2)13-8-19-18-15-4-10-24(11-5-16(15)20-14-21-18)17(26)6-12-25-9-3-7-22-25/h3,7,9,14H,4-6,8,10-13H2,1-2H3,(H,19,20,21). The van der Waals surface area contributed by atoms with Gasteiger partial charge in [0.05, 0.1) is 5.69 Å². The number of aromatic nitrogens is 4. The third kappa shape index (κ3) is 4.78. The first-order chi connectivity index (χ1) is 12.6. The van der Waals surface area contributed by atoms with Gasteiger partial charge < -0.3 is 15.1 Å². The number of nitrogens with one attached hydrogen (secondary N) is 1. The Kier molecular flexibility index (Phi) is 6.17. The summed E-state index contributed by atoms with van der Waals surface area (Å²) in [6, 6.07) is 1.87. The van der Waals surface area contributed by atoms with Crippen LogP contribution in [0.1, 0.15) is 17.7 Å². The van der Waals surface area contributed by atoms with Crippen LogP contribution in [0.5, 0.6) is 0 Å². The summed E-state index contributed by atoms with van der Waals surface area (Å²) in [5.41, 5.74) is 2.20. The maximum absolute atomic E-state index is 12.6. The first-order valence-corrected chi connectivity index (χ1v) is 9.10. The van der Waals surface area contributed by atoms with Gasteiger partial charge in [-0.1, -0.05) is 0 Å². The Hall–Kier alpha value is -2.48. The van der Waals surface area contributed by atoms with Crippen LogP contribution in [0.4, 0.5) is 5.82 Å². The van der Waals surface area contributed by atoms with Crippen LogP contribution < -0.4 is 5.32 Å². The highest BCUT2D eigenvalue weighted by atomic mass is 16.2. The first kappa shape index (κ1) is 18.3. The molecule has 3 heterocycles. The predicted molar refractivity (Wildman–Crippen MR) is 99.9 cm³/mol. The van der Waals surface area contributed by atoms with Gasteiger partial charge in [-0.25, -0.2) is 9.97 Å². The molecule has 0 aliphatic carbocycles. The van der Waals surface area contributed by atoms with Crippen LogP contribution >= 0.6 is 0 Å². The fourth-order valence-corrected chi connectivity index (χ4v) is 3.13. The minimum atomic E-state index is 0.170. The SMILES string of the molecule is CN(C)CCNc1ncnc2c1CCN(C(=O)CCn1cccn1)CC2. The number of likely N-dealkylation sites (N-methyl/N-ethyl adjacent to an activating group) is 1. The Balaban J connectivity index is 1.58. The average molecular weight is 357 g/mol. The van der Waals surface area contributed by atoms with Crippen molar-refractivity contribution in [1.29, 1.82) is 0 Å². The van der Waals surface area contributed by atoms with E-state index >= 15 is 0 Å². The summed E-state index contributed by atoms with van der Waals surface area (Å²) in [6.07, 6.45) is 7.26. The van der Waals surface area contributed by atoms with Crippen molar-refractivity contribution < 1.29 is 4.79 Å². The van der Waals surface area contributed by atoms with Crippen LogP contribution in [0.2, 0.25) is 0 Å². The first-order valence-electron chi connectivity index (χ1n) is 9.10. The van der Waals surface area contributed by atoms with Crippen molar-refractivity contribution in [3.8, 4) is 0 Å². The van der Waals surface area contributed by atoms with E-state index in [4.69, 9.17) is 0 Å². The summed E-state index contributed by atoms with van der Waals surface area (Å²) in [7, 11) is 4.10. The third-order valence-electron chi connectivity index (χ3n) is 4.60. The highest BCUT2D eigenvalue weighted by molar-refractivity contribution is 5.76. The van der Waals surface area contributed by atoms with Crippen LogP contribution in [-0.4, -0.2) is 75.7 Å². The Morgan fingerprint density at radius 2 is 2.12 bits per heavy atom. The molecular weight excluding hydrogens is 330 g/mol. The van der Waals surface area contributed by atoms with Crippen molar-refractivity contribution in [2.75, 3.05) is 45.6 Å². The molecule has 8 heteroatoms. The van der Waals surface area contributed by atoms with E-state index in [1.165, 1.54) is 0 Å². The molecule has 0 fully saturated rings. The van der Waals surface area contributed by atoms with E-state index < -0.39 is 0 Å². The number of fused-ring (bicyclic) bond motifs is 1. The average Bonchev–Trinajstić information content (AvgIpc) is 3.04. The number of carbonyl (C=O) groups excluding carboxylic acids is 1. The molecule has 8 nitrogen and oxygen atoms in total. The molecule has 26 heavy (non-hydrogen) atoms. The molecule has 0 aromatic carbocycles. The summed E-state index contributed by atoms with van der Waals surface area (Å²) >= 11 is 0. The van der Waals surface area contributed by atoms with Crippen LogP contribution in [0.25, 0.3) is 0 Å². The Labute approximate surface area is 154 Å². The number of anilines is 1. The lowest BCUT2D eigenvalue weighted by atomic mass is 10.1. The van der Waals surface area contributed by atoms with Crippen LogP contribution in [0.15, 0.2) is 24.8 Å². The summed E-state index contributed by atoms with van der Waals surface area (Å²) < 4.78 is 1.79. The zero-order chi connectivity index (χ0) is 18.4. The minimum absolute atomic E-state index is 0.170. The topological polar surface area (TPSA) is 79.2 Å². The lowest BCUT2D eigenvalue weighted by Crippen LogP contribution is -2.33.